The Kier molecular flexibility index (Phi) is 3.79. The molecule has 0 fully saturated rings. The van der Waals surface area contributed by atoms with E-state index in [0.717, 1.165) is 10.9 Å². The van der Waals surface area contributed by atoms with Crippen LogP contribution in [0, 0.1) is 0 Å². The van der Waals surface area contributed by atoms with E-state index in [1.54, 1.807) is 36.5 Å². The van der Waals surface area contributed by atoms with Gasteiger partial charge in [0.2, 0.25) is 16.4 Å². The second kappa shape index (κ2) is 5.77. The first kappa shape index (κ1) is 15.1. The fraction of sp³-hybridized carbons (Fsp3) is 0.0625. The van der Waals surface area contributed by atoms with E-state index < -0.39 is 10.0 Å². The van der Waals surface area contributed by atoms with Crippen LogP contribution >= 0.6 is 0 Å². The number of phenolic OH excluding ortho intramolecular Hbond substituents is 1. The first-order valence-electron chi connectivity index (χ1n) is 6.82. The number of phenols is 1. The lowest BCUT2D eigenvalue weighted by Crippen LogP contribution is -2.30. The third kappa shape index (κ3) is 3.04. The molecular formula is C16H14N2O4S. The highest BCUT2D eigenvalue weighted by Gasteiger charge is 2.23. The molecule has 2 N–H and O–H groups in total. The van der Waals surface area contributed by atoms with Crippen LogP contribution in [0.25, 0.3) is 10.9 Å². The van der Waals surface area contributed by atoms with Crippen LogP contribution in [0.1, 0.15) is 5.56 Å². The number of aromatic hydroxyl groups is 1. The van der Waals surface area contributed by atoms with E-state index in [-0.39, 0.29) is 23.6 Å². The van der Waals surface area contributed by atoms with Crippen LogP contribution in [0.15, 0.2) is 54.7 Å². The summed E-state index contributed by atoms with van der Waals surface area (Å²) in [6, 6.07) is 12.7. The molecule has 0 unspecified atom stereocenters. The molecule has 1 amide bonds. The predicted molar refractivity (Wildman–Crippen MR) is 87.6 cm³/mol. The third-order valence-electron chi connectivity index (χ3n) is 3.45. The largest absolute Gasteiger partial charge is 0.508 e. The van der Waals surface area contributed by atoms with Gasteiger partial charge in [0.05, 0.1) is 11.4 Å². The number of aromatic nitrogens is 1. The number of H-pyrrole nitrogens is 1. The Morgan fingerprint density at radius 3 is 2.70 bits per heavy atom. The van der Waals surface area contributed by atoms with Gasteiger partial charge < -0.3 is 10.1 Å². The van der Waals surface area contributed by atoms with Gasteiger partial charge in [-0.15, -0.1) is 0 Å². The minimum absolute atomic E-state index is 0.0249. The average molecular weight is 330 g/mol. The van der Waals surface area contributed by atoms with Crippen LogP contribution in [-0.4, -0.2) is 24.9 Å². The summed E-state index contributed by atoms with van der Waals surface area (Å²) in [7, 11) is -3.91. The summed E-state index contributed by atoms with van der Waals surface area (Å²) in [5, 5.41) is 10.4. The summed E-state index contributed by atoms with van der Waals surface area (Å²) in [6.07, 6.45) is 2.02. The molecule has 0 spiro atoms. The second-order valence-corrected chi connectivity index (χ2v) is 6.92. The molecule has 1 aromatic heterocycles. The fourth-order valence-electron chi connectivity index (χ4n) is 2.39. The molecule has 0 aliphatic carbocycles. The van der Waals surface area contributed by atoms with Crippen LogP contribution < -0.4 is 4.31 Å². The van der Waals surface area contributed by atoms with E-state index in [2.05, 4.69) is 4.98 Å². The van der Waals surface area contributed by atoms with Crippen LogP contribution in [0.4, 0.5) is 5.69 Å². The zero-order valence-electron chi connectivity index (χ0n) is 12.0. The monoisotopic (exact) mass is 330 g/mol. The standard InChI is InChI=1S/C16H14N2O4S/c19-11-18(14-5-4-13-6-7-17-16(13)9-14)23(21,22)10-12-2-1-3-15(20)8-12/h1-9,11,17,20H,10H2. The molecule has 0 saturated carbocycles. The van der Waals surface area contributed by atoms with Crippen LogP contribution in [0.2, 0.25) is 0 Å². The minimum Gasteiger partial charge on any atom is -0.508 e. The lowest BCUT2D eigenvalue weighted by Gasteiger charge is -2.18. The van der Waals surface area contributed by atoms with Crippen molar-refractivity contribution in [3.05, 3.63) is 60.3 Å². The highest BCUT2D eigenvalue weighted by atomic mass is 32.2. The maximum atomic E-state index is 12.5. The second-order valence-electron chi connectivity index (χ2n) is 5.08. The predicted octanol–water partition coefficient (Wildman–Crippen LogP) is 2.37. The molecule has 0 bridgehead atoms. The molecule has 3 rings (SSSR count). The van der Waals surface area contributed by atoms with Crippen molar-refractivity contribution in [2.24, 2.45) is 0 Å². The smallest absolute Gasteiger partial charge is 0.245 e. The number of nitrogens with one attached hydrogen (secondary N) is 1. The summed E-state index contributed by atoms with van der Waals surface area (Å²) >= 11 is 0. The number of rotatable bonds is 5. The van der Waals surface area contributed by atoms with E-state index in [1.165, 1.54) is 12.1 Å². The van der Waals surface area contributed by atoms with Crippen molar-refractivity contribution in [2.45, 2.75) is 5.75 Å². The Hall–Kier alpha value is -2.80. The Labute approximate surface area is 133 Å². The van der Waals surface area contributed by atoms with Crippen molar-refractivity contribution in [3.63, 3.8) is 0 Å². The van der Waals surface area contributed by atoms with Gasteiger partial charge in [0.1, 0.15) is 5.75 Å². The van der Waals surface area contributed by atoms with Gasteiger partial charge in [-0.25, -0.2) is 12.7 Å². The Morgan fingerprint density at radius 1 is 1.13 bits per heavy atom. The zero-order chi connectivity index (χ0) is 16.4. The summed E-state index contributed by atoms with van der Waals surface area (Å²) in [6.45, 7) is 0. The minimum atomic E-state index is -3.91. The summed E-state index contributed by atoms with van der Waals surface area (Å²) in [5.41, 5.74) is 1.40. The molecule has 0 atom stereocenters. The average Bonchev–Trinajstić information content (AvgIpc) is 2.94. The molecule has 118 valence electrons. The van der Waals surface area contributed by atoms with Gasteiger partial charge in [-0.2, -0.15) is 0 Å². The SMILES string of the molecule is O=CN(c1ccc2cc[nH]c2c1)S(=O)(=O)Cc1cccc(O)c1. The summed E-state index contributed by atoms with van der Waals surface area (Å²) in [5.74, 6) is -0.411. The quantitative estimate of drug-likeness (QED) is 0.703. The van der Waals surface area contributed by atoms with Crippen molar-refractivity contribution in [1.82, 2.24) is 4.98 Å². The maximum Gasteiger partial charge on any atom is 0.245 e. The first-order valence-corrected chi connectivity index (χ1v) is 8.43. The lowest BCUT2D eigenvalue weighted by atomic mass is 10.2. The molecule has 0 radical (unpaired) electrons. The summed E-state index contributed by atoms with van der Waals surface area (Å²) in [4.78, 5) is 14.3. The van der Waals surface area contributed by atoms with Crippen LogP contribution in [0.5, 0.6) is 5.75 Å². The Morgan fingerprint density at radius 2 is 1.96 bits per heavy atom. The number of carbonyl (C=O) groups is 1. The van der Waals surface area contributed by atoms with Crippen molar-refractivity contribution in [2.75, 3.05) is 4.31 Å². The van der Waals surface area contributed by atoms with E-state index in [9.17, 15) is 18.3 Å². The molecule has 6 nitrogen and oxygen atoms in total. The summed E-state index contributed by atoms with van der Waals surface area (Å²) < 4.78 is 25.7. The van der Waals surface area contributed by atoms with Crippen molar-refractivity contribution in [1.29, 1.82) is 0 Å². The van der Waals surface area contributed by atoms with E-state index in [4.69, 9.17) is 0 Å². The van der Waals surface area contributed by atoms with E-state index in [0.29, 0.717) is 9.87 Å². The first-order chi connectivity index (χ1) is 11.0. The Balaban J connectivity index is 1.96. The Bertz CT molecular complexity index is 963. The van der Waals surface area contributed by atoms with Gasteiger partial charge >= 0.3 is 0 Å². The van der Waals surface area contributed by atoms with Gasteiger partial charge in [0.25, 0.3) is 0 Å². The van der Waals surface area contributed by atoms with Crippen LogP contribution in [0.3, 0.4) is 0 Å². The zero-order valence-corrected chi connectivity index (χ0v) is 12.8. The highest BCUT2D eigenvalue weighted by Crippen LogP contribution is 2.24. The number of carbonyl (C=O) groups excluding carboxylic acids is 1. The number of sulfonamides is 1. The van der Waals surface area contributed by atoms with E-state index >= 15 is 0 Å². The molecule has 0 saturated heterocycles. The van der Waals surface area contributed by atoms with Crippen molar-refractivity contribution >= 4 is 33.0 Å². The number of hydrogen-bond acceptors (Lipinski definition) is 4. The van der Waals surface area contributed by atoms with Crippen molar-refractivity contribution in [3.8, 4) is 5.75 Å². The number of anilines is 1. The van der Waals surface area contributed by atoms with E-state index in [1.807, 2.05) is 6.07 Å². The van der Waals surface area contributed by atoms with Crippen LogP contribution in [-0.2, 0) is 20.6 Å². The molecule has 23 heavy (non-hydrogen) atoms. The molecular weight excluding hydrogens is 316 g/mol. The molecule has 1 heterocycles. The normalized spacial score (nSPS) is 11.5. The number of nitrogens with zero attached hydrogens (tertiary/aromatic N) is 1. The number of benzene rings is 2. The molecule has 0 aliphatic heterocycles. The molecule has 2 aromatic carbocycles. The van der Waals surface area contributed by atoms with Gasteiger partial charge in [-0.1, -0.05) is 18.2 Å². The third-order valence-corrected chi connectivity index (χ3v) is 5.04. The highest BCUT2D eigenvalue weighted by molar-refractivity contribution is 7.92. The number of amides is 1. The molecule has 0 aliphatic rings. The van der Waals surface area contributed by atoms with Gasteiger partial charge in [0, 0.05) is 11.7 Å². The van der Waals surface area contributed by atoms with Crippen molar-refractivity contribution < 1.29 is 18.3 Å². The number of aromatic amines is 1. The van der Waals surface area contributed by atoms with Gasteiger partial charge in [-0.3, -0.25) is 4.79 Å². The fourth-order valence-corrected chi connectivity index (χ4v) is 3.69. The van der Waals surface area contributed by atoms with Gasteiger partial charge in [-0.05, 0) is 41.3 Å². The lowest BCUT2D eigenvalue weighted by molar-refractivity contribution is -0.106. The molecule has 3 aromatic rings. The van der Waals surface area contributed by atoms with Gasteiger partial charge in [0.15, 0.2) is 0 Å². The number of hydrogen-bond donors (Lipinski definition) is 2. The maximum absolute atomic E-state index is 12.5. The number of fused-ring (bicyclic) bond motifs is 1. The molecule has 7 heteroatoms. The topological polar surface area (TPSA) is 90.5 Å².